The molecule has 3 rings (SSSR count). The standard InChI is InChI=1S/C16H19ClN2O2.ClH/c1-9-11-5-3-6-12(17)15(11)21-14(9)16(20)19-13-7-2-4-10(13)8-18;/h3,5-6,10,13H,2,4,7-8,18H2,1H3,(H,19,20);1H. The quantitative estimate of drug-likeness (QED) is 0.893. The van der Waals surface area contributed by atoms with E-state index in [4.69, 9.17) is 21.8 Å². The molecule has 0 bridgehead atoms. The van der Waals surface area contributed by atoms with Gasteiger partial charge in [0.05, 0.1) is 5.02 Å². The number of carbonyl (C=O) groups excluding carboxylic acids is 1. The molecule has 22 heavy (non-hydrogen) atoms. The number of fused-ring (bicyclic) bond motifs is 1. The third-order valence-corrected chi connectivity index (χ3v) is 4.70. The van der Waals surface area contributed by atoms with Gasteiger partial charge in [-0.2, -0.15) is 0 Å². The summed E-state index contributed by atoms with van der Waals surface area (Å²) in [4.78, 5) is 12.5. The molecule has 4 nitrogen and oxygen atoms in total. The van der Waals surface area contributed by atoms with Gasteiger partial charge in [-0.3, -0.25) is 4.79 Å². The monoisotopic (exact) mass is 342 g/mol. The lowest BCUT2D eigenvalue weighted by Gasteiger charge is -2.18. The molecular formula is C16H20Cl2N2O2. The van der Waals surface area contributed by atoms with Crippen LogP contribution in [0.1, 0.15) is 35.4 Å². The van der Waals surface area contributed by atoms with Crippen molar-refractivity contribution in [2.45, 2.75) is 32.2 Å². The van der Waals surface area contributed by atoms with Gasteiger partial charge in [0.1, 0.15) is 0 Å². The average Bonchev–Trinajstić information content (AvgIpc) is 3.05. The molecular weight excluding hydrogens is 323 g/mol. The predicted molar refractivity (Wildman–Crippen MR) is 90.9 cm³/mol. The van der Waals surface area contributed by atoms with Crippen molar-refractivity contribution in [3.8, 4) is 0 Å². The van der Waals surface area contributed by atoms with Crippen LogP contribution in [0.5, 0.6) is 0 Å². The van der Waals surface area contributed by atoms with Gasteiger partial charge in [0.15, 0.2) is 11.3 Å². The van der Waals surface area contributed by atoms with E-state index in [1.54, 1.807) is 6.07 Å². The minimum absolute atomic E-state index is 0. The van der Waals surface area contributed by atoms with Crippen LogP contribution in [0.3, 0.4) is 0 Å². The second-order valence-corrected chi connectivity index (χ2v) is 6.09. The lowest BCUT2D eigenvalue weighted by atomic mass is 10.0. The molecule has 6 heteroatoms. The van der Waals surface area contributed by atoms with Crippen molar-refractivity contribution < 1.29 is 9.21 Å². The van der Waals surface area contributed by atoms with Crippen LogP contribution in [0.25, 0.3) is 11.0 Å². The van der Waals surface area contributed by atoms with Crippen LogP contribution in [-0.2, 0) is 0 Å². The lowest BCUT2D eigenvalue weighted by Crippen LogP contribution is -2.39. The first-order valence-corrected chi connectivity index (χ1v) is 7.68. The third-order valence-electron chi connectivity index (χ3n) is 4.40. The summed E-state index contributed by atoms with van der Waals surface area (Å²) in [6.07, 6.45) is 3.16. The van der Waals surface area contributed by atoms with E-state index in [1.165, 1.54) is 0 Å². The maximum absolute atomic E-state index is 12.5. The zero-order chi connectivity index (χ0) is 15.0. The highest BCUT2D eigenvalue weighted by atomic mass is 35.5. The van der Waals surface area contributed by atoms with E-state index in [0.29, 0.717) is 28.8 Å². The van der Waals surface area contributed by atoms with Gasteiger partial charge in [0, 0.05) is 17.0 Å². The van der Waals surface area contributed by atoms with E-state index in [9.17, 15) is 4.79 Å². The summed E-state index contributed by atoms with van der Waals surface area (Å²) < 4.78 is 5.70. The molecule has 0 radical (unpaired) electrons. The normalized spacial score (nSPS) is 20.9. The Hall–Kier alpha value is -1.23. The maximum atomic E-state index is 12.5. The summed E-state index contributed by atoms with van der Waals surface area (Å²) in [7, 11) is 0. The van der Waals surface area contributed by atoms with Crippen LogP contribution < -0.4 is 11.1 Å². The van der Waals surface area contributed by atoms with Crippen molar-refractivity contribution in [2.75, 3.05) is 6.54 Å². The summed E-state index contributed by atoms with van der Waals surface area (Å²) in [5.74, 6) is 0.535. The Morgan fingerprint density at radius 2 is 2.23 bits per heavy atom. The first-order chi connectivity index (χ1) is 10.1. The fraction of sp³-hybridized carbons (Fsp3) is 0.438. The number of nitrogens with two attached hydrogens (primary N) is 1. The highest BCUT2D eigenvalue weighted by Gasteiger charge is 2.29. The van der Waals surface area contributed by atoms with Crippen molar-refractivity contribution in [1.82, 2.24) is 5.32 Å². The Labute approximate surface area is 140 Å². The Kier molecular flexibility index (Phi) is 5.37. The molecule has 2 atom stereocenters. The number of carbonyl (C=O) groups is 1. The number of halogens is 2. The molecule has 3 N–H and O–H groups in total. The van der Waals surface area contributed by atoms with E-state index in [2.05, 4.69) is 5.32 Å². The zero-order valence-electron chi connectivity index (χ0n) is 12.4. The van der Waals surface area contributed by atoms with Crippen molar-refractivity contribution in [3.05, 3.63) is 34.5 Å². The summed E-state index contributed by atoms with van der Waals surface area (Å²) in [6, 6.07) is 5.67. The third kappa shape index (κ3) is 2.96. The van der Waals surface area contributed by atoms with Crippen LogP contribution in [0.2, 0.25) is 5.02 Å². The van der Waals surface area contributed by atoms with Crippen LogP contribution in [0.15, 0.2) is 22.6 Å². The van der Waals surface area contributed by atoms with E-state index in [1.807, 2.05) is 19.1 Å². The molecule has 1 saturated carbocycles. The number of benzene rings is 1. The summed E-state index contributed by atoms with van der Waals surface area (Å²) in [6.45, 7) is 2.49. The molecule has 0 aliphatic heterocycles. The van der Waals surface area contributed by atoms with Crippen molar-refractivity contribution in [1.29, 1.82) is 0 Å². The number of para-hydroxylation sites is 1. The molecule has 1 aliphatic carbocycles. The number of aryl methyl sites for hydroxylation is 1. The number of rotatable bonds is 3. The number of hydrogen-bond donors (Lipinski definition) is 2. The minimum atomic E-state index is -0.176. The van der Waals surface area contributed by atoms with E-state index < -0.39 is 0 Å². The topological polar surface area (TPSA) is 68.3 Å². The Balaban J connectivity index is 0.00000176. The van der Waals surface area contributed by atoms with E-state index >= 15 is 0 Å². The van der Waals surface area contributed by atoms with E-state index in [0.717, 1.165) is 30.2 Å². The average molecular weight is 343 g/mol. The maximum Gasteiger partial charge on any atom is 0.287 e. The van der Waals surface area contributed by atoms with Gasteiger partial charge in [-0.15, -0.1) is 12.4 Å². The Morgan fingerprint density at radius 1 is 1.45 bits per heavy atom. The zero-order valence-corrected chi connectivity index (χ0v) is 14.0. The van der Waals surface area contributed by atoms with Crippen molar-refractivity contribution in [2.24, 2.45) is 11.7 Å². The molecule has 1 aliphatic rings. The Bertz CT molecular complexity index is 684. The van der Waals surface area contributed by atoms with Gasteiger partial charge in [-0.25, -0.2) is 0 Å². The first kappa shape index (κ1) is 17.1. The largest absolute Gasteiger partial charge is 0.449 e. The predicted octanol–water partition coefficient (Wildman–Crippen LogP) is 3.67. The number of amides is 1. The van der Waals surface area contributed by atoms with Crippen molar-refractivity contribution in [3.63, 3.8) is 0 Å². The minimum Gasteiger partial charge on any atom is -0.449 e. The fourth-order valence-electron chi connectivity index (χ4n) is 3.17. The van der Waals surface area contributed by atoms with Crippen LogP contribution in [-0.4, -0.2) is 18.5 Å². The molecule has 1 amide bonds. The summed E-state index contributed by atoms with van der Waals surface area (Å²) in [5, 5.41) is 4.47. The second-order valence-electron chi connectivity index (χ2n) is 5.68. The molecule has 1 aromatic carbocycles. The first-order valence-electron chi connectivity index (χ1n) is 7.30. The van der Waals surface area contributed by atoms with Gasteiger partial charge < -0.3 is 15.5 Å². The number of hydrogen-bond acceptors (Lipinski definition) is 3. The molecule has 2 unspecified atom stereocenters. The van der Waals surface area contributed by atoms with Crippen LogP contribution in [0, 0.1) is 12.8 Å². The highest BCUT2D eigenvalue weighted by Crippen LogP contribution is 2.31. The van der Waals surface area contributed by atoms with Crippen LogP contribution >= 0.6 is 24.0 Å². The number of furan rings is 1. The molecule has 1 fully saturated rings. The second kappa shape index (κ2) is 6.90. The van der Waals surface area contributed by atoms with Gasteiger partial charge in [-0.05, 0) is 38.3 Å². The number of nitrogens with one attached hydrogen (secondary N) is 1. The fourth-order valence-corrected chi connectivity index (χ4v) is 3.38. The Morgan fingerprint density at radius 3 is 2.91 bits per heavy atom. The molecule has 1 aromatic heterocycles. The van der Waals surface area contributed by atoms with Gasteiger partial charge in [0.25, 0.3) is 5.91 Å². The molecule has 120 valence electrons. The summed E-state index contributed by atoms with van der Waals surface area (Å²) in [5.41, 5.74) is 7.16. The molecule has 0 spiro atoms. The summed E-state index contributed by atoms with van der Waals surface area (Å²) >= 11 is 6.12. The highest BCUT2D eigenvalue weighted by molar-refractivity contribution is 6.35. The smallest absolute Gasteiger partial charge is 0.287 e. The SMILES string of the molecule is Cc1c(C(=O)NC2CCCC2CN)oc2c(Cl)cccc12.Cl. The van der Waals surface area contributed by atoms with Crippen molar-refractivity contribution >= 4 is 40.9 Å². The lowest BCUT2D eigenvalue weighted by molar-refractivity contribution is 0.0902. The van der Waals surface area contributed by atoms with E-state index in [-0.39, 0.29) is 24.4 Å². The van der Waals surface area contributed by atoms with Gasteiger partial charge in [-0.1, -0.05) is 30.2 Å². The van der Waals surface area contributed by atoms with Gasteiger partial charge >= 0.3 is 0 Å². The van der Waals surface area contributed by atoms with Crippen LogP contribution in [0.4, 0.5) is 0 Å². The molecule has 0 saturated heterocycles. The molecule has 2 aromatic rings. The molecule has 1 heterocycles. The van der Waals surface area contributed by atoms with Gasteiger partial charge in [0.2, 0.25) is 0 Å².